The van der Waals surface area contributed by atoms with Crippen molar-refractivity contribution in [1.82, 2.24) is 0 Å². The maximum absolute atomic E-state index is 11.1. The molecule has 1 aromatic heterocycles. The Hall–Kier alpha value is -1.78. The van der Waals surface area contributed by atoms with Crippen LogP contribution >= 0.6 is 27.5 Å². The third kappa shape index (κ3) is 2.32. The number of carboxylic acid groups (broad SMARTS) is 1. The van der Waals surface area contributed by atoms with E-state index in [0.29, 0.717) is 26.4 Å². The van der Waals surface area contributed by atoms with E-state index in [1.54, 1.807) is 36.4 Å². The summed E-state index contributed by atoms with van der Waals surface area (Å²) in [6.07, 6.45) is 0. The summed E-state index contributed by atoms with van der Waals surface area (Å²) >= 11 is 9.15. The van der Waals surface area contributed by atoms with Crippen molar-refractivity contribution in [2.75, 3.05) is 0 Å². The van der Waals surface area contributed by atoms with E-state index in [0.717, 1.165) is 5.39 Å². The largest absolute Gasteiger partial charge is 0.478 e. The Kier molecular flexibility index (Phi) is 3.28. The van der Waals surface area contributed by atoms with Crippen LogP contribution in [0.1, 0.15) is 10.4 Å². The number of carbonyl (C=O) groups is 1. The molecule has 0 aliphatic carbocycles. The number of rotatable bonds is 2. The third-order valence-electron chi connectivity index (χ3n) is 2.96. The monoisotopic (exact) mass is 350 g/mol. The standard InChI is InChI=1S/C15H8BrClO3/c16-12-3-1-8(6-11(12)15(18)19)14-7-9-5-10(17)2-4-13(9)20-14/h1-7H,(H,18,19). The molecule has 0 amide bonds. The first-order chi connectivity index (χ1) is 9.54. The fraction of sp³-hybridized carbons (Fsp3) is 0. The lowest BCUT2D eigenvalue weighted by atomic mass is 10.1. The molecule has 20 heavy (non-hydrogen) atoms. The quantitative estimate of drug-likeness (QED) is 0.689. The lowest BCUT2D eigenvalue weighted by molar-refractivity contribution is 0.0696. The second-order valence-electron chi connectivity index (χ2n) is 4.29. The van der Waals surface area contributed by atoms with Gasteiger partial charge in [0.2, 0.25) is 0 Å². The normalized spacial score (nSPS) is 10.9. The number of halogens is 2. The van der Waals surface area contributed by atoms with Crippen LogP contribution in [0.25, 0.3) is 22.3 Å². The van der Waals surface area contributed by atoms with Gasteiger partial charge in [-0.3, -0.25) is 0 Å². The SMILES string of the molecule is O=C(O)c1cc(-c2cc3cc(Cl)ccc3o2)ccc1Br. The van der Waals surface area contributed by atoms with Gasteiger partial charge in [-0.05, 0) is 52.3 Å². The number of furan rings is 1. The molecule has 1 N–H and O–H groups in total. The molecule has 5 heteroatoms. The van der Waals surface area contributed by atoms with Gasteiger partial charge in [0.1, 0.15) is 11.3 Å². The number of fused-ring (bicyclic) bond motifs is 1. The molecule has 3 aromatic rings. The molecule has 2 aromatic carbocycles. The van der Waals surface area contributed by atoms with Crippen LogP contribution in [0.2, 0.25) is 5.02 Å². The molecule has 1 heterocycles. The van der Waals surface area contributed by atoms with Crippen molar-refractivity contribution in [3.63, 3.8) is 0 Å². The minimum Gasteiger partial charge on any atom is -0.478 e. The Labute approximate surface area is 127 Å². The summed E-state index contributed by atoms with van der Waals surface area (Å²) in [6.45, 7) is 0. The second-order valence-corrected chi connectivity index (χ2v) is 5.58. The summed E-state index contributed by atoms with van der Waals surface area (Å²) in [7, 11) is 0. The average molecular weight is 352 g/mol. The molecule has 0 spiro atoms. The number of benzene rings is 2. The predicted molar refractivity (Wildman–Crippen MR) is 81.3 cm³/mol. The Morgan fingerprint density at radius 1 is 1.15 bits per heavy atom. The van der Waals surface area contributed by atoms with Crippen LogP contribution in [0.4, 0.5) is 0 Å². The Balaban J connectivity index is 2.15. The molecular formula is C15H8BrClO3. The van der Waals surface area contributed by atoms with Crippen LogP contribution < -0.4 is 0 Å². The van der Waals surface area contributed by atoms with Crippen LogP contribution in [-0.2, 0) is 0 Å². The van der Waals surface area contributed by atoms with Gasteiger partial charge in [0, 0.05) is 20.4 Å². The van der Waals surface area contributed by atoms with Crippen molar-refractivity contribution in [2.45, 2.75) is 0 Å². The van der Waals surface area contributed by atoms with E-state index < -0.39 is 5.97 Å². The molecule has 0 radical (unpaired) electrons. The van der Waals surface area contributed by atoms with Gasteiger partial charge in [0.25, 0.3) is 0 Å². The van der Waals surface area contributed by atoms with Crippen molar-refractivity contribution < 1.29 is 14.3 Å². The minimum absolute atomic E-state index is 0.195. The Morgan fingerprint density at radius 3 is 2.70 bits per heavy atom. The maximum atomic E-state index is 11.1. The zero-order valence-corrected chi connectivity index (χ0v) is 12.4. The summed E-state index contributed by atoms with van der Waals surface area (Å²) < 4.78 is 6.25. The van der Waals surface area contributed by atoms with Crippen LogP contribution in [0.5, 0.6) is 0 Å². The molecule has 0 fully saturated rings. The predicted octanol–water partition coefficient (Wildman–Crippen LogP) is 5.21. The number of carboxylic acids is 1. The van der Waals surface area contributed by atoms with Gasteiger partial charge in [-0.25, -0.2) is 4.79 Å². The third-order valence-corrected chi connectivity index (χ3v) is 3.89. The van der Waals surface area contributed by atoms with Gasteiger partial charge >= 0.3 is 5.97 Å². The van der Waals surface area contributed by atoms with Crippen LogP contribution in [-0.4, -0.2) is 11.1 Å². The first-order valence-corrected chi connectivity index (χ1v) is 6.94. The Bertz CT molecular complexity index is 823. The Morgan fingerprint density at radius 2 is 1.95 bits per heavy atom. The molecule has 0 saturated carbocycles. The number of hydrogen-bond donors (Lipinski definition) is 1. The summed E-state index contributed by atoms with van der Waals surface area (Å²) in [5.74, 6) is -0.379. The smallest absolute Gasteiger partial charge is 0.336 e. The van der Waals surface area contributed by atoms with Gasteiger partial charge in [-0.2, -0.15) is 0 Å². The van der Waals surface area contributed by atoms with E-state index in [-0.39, 0.29) is 5.56 Å². The fourth-order valence-corrected chi connectivity index (χ4v) is 2.60. The van der Waals surface area contributed by atoms with E-state index in [9.17, 15) is 4.79 Å². The molecular weight excluding hydrogens is 344 g/mol. The first-order valence-electron chi connectivity index (χ1n) is 5.77. The van der Waals surface area contributed by atoms with Gasteiger partial charge in [0.05, 0.1) is 5.56 Å². The molecule has 3 nitrogen and oxygen atoms in total. The number of aromatic carboxylic acids is 1. The van der Waals surface area contributed by atoms with E-state index >= 15 is 0 Å². The van der Waals surface area contributed by atoms with Gasteiger partial charge in [-0.15, -0.1) is 0 Å². The van der Waals surface area contributed by atoms with Gasteiger partial charge in [0.15, 0.2) is 0 Å². The molecule has 0 aliphatic heterocycles. The highest BCUT2D eigenvalue weighted by Gasteiger charge is 2.12. The highest BCUT2D eigenvalue weighted by molar-refractivity contribution is 9.10. The van der Waals surface area contributed by atoms with Crippen molar-refractivity contribution in [1.29, 1.82) is 0 Å². The molecule has 0 aliphatic rings. The van der Waals surface area contributed by atoms with Crippen LogP contribution in [0.3, 0.4) is 0 Å². The van der Waals surface area contributed by atoms with Crippen LogP contribution in [0, 0.1) is 0 Å². The topological polar surface area (TPSA) is 50.4 Å². The lowest BCUT2D eigenvalue weighted by Gasteiger charge is -2.01. The summed E-state index contributed by atoms with van der Waals surface area (Å²) in [5.41, 5.74) is 1.61. The van der Waals surface area contributed by atoms with E-state index in [4.69, 9.17) is 21.1 Å². The first kappa shape index (κ1) is 13.2. The summed E-state index contributed by atoms with van der Waals surface area (Å²) in [4.78, 5) is 11.1. The van der Waals surface area contributed by atoms with Crippen LogP contribution in [0.15, 0.2) is 51.4 Å². The molecule has 0 atom stereocenters. The fourth-order valence-electron chi connectivity index (χ4n) is 2.00. The molecule has 0 saturated heterocycles. The average Bonchev–Trinajstić information content (AvgIpc) is 2.81. The molecule has 3 rings (SSSR count). The van der Waals surface area contributed by atoms with Gasteiger partial charge < -0.3 is 9.52 Å². The minimum atomic E-state index is -0.988. The zero-order chi connectivity index (χ0) is 14.3. The van der Waals surface area contributed by atoms with Gasteiger partial charge in [-0.1, -0.05) is 17.7 Å². The van der Waals surface area contributed by atoms with Crippen molar-refractivity contribution in [3.8, 4) is 11.3 Å². The lowest BCUT2D eigenvalue weighted by Crippen LogP contribution is -1.97. The van der Waals surface area contributed by atoms with E-state index in [2.05, 4.69) is 15.9 Å². The second kappa shape index (κ2) is 4.96. The maximum Gasteiger partial charge on any atom is 0.336 e. The zero-order valence-electron chi connectivity index (χ0n) is 10.1. The molecule has 0 unspecified atom stereocenters. The number of hydrogen-bond acceptors (Lipinski definition) is 2. The molecule has 0 bridgehead atoms. The van der Waals surface area contributed by atoms with Crippen molar-refractivity contribution in [2.24, 2.45) is 0 Å². The summed E-state index contributed by atoms with van der Waals surface area (Å²) in [6, 6.07) is 12.3. The van der Waals surface area contributed by atoms with Crippen molar-refractivity contribution in [3.05, 3.63) is 57.5 Å². The highest BCUT2D eigenvalue weighted by Crippen LogP contribution is 2.31. The summed E-state index contributed by atoms with van der Waals surface area (Å²) in [5, 5.41) is 10.6. The van der Waals surface area contributed by atoms with E-state index in [1.165, 1.54) is 0 Å². The highest BCUT2D eigenvalue weighted by atomic mass is 79.9. The van der Waals surface area contributed by atoms with E-state index in [1.807, 2.05) is 6.07 Å². The van der Waals surface area contributed by atoms with Crippen molar-refractivity contribution >= 4 is 44.5 Å². The molecule has 100 valence electrons.